The number of hydrogen-bond acceptors (Lipinski definition) is 6. The van der Waals surface area contributed by atoms with E-state index in [1.54, 1.807) is 4.52 Å². The van der Waals surface area contributed by atoms with Crippen LogP contribution in [-0.2, 0) is 20.7 Å². The first-order chi connectivity index (χ1) is 15.5. The number of carbonyl (C=O) groups is 2. The summed E-state index contributed by atoms with van der Waals surface area (Å²) in [7, 11) is 0. The molecule has 4 rings (SSSR count). The number of benzene rings is 2. The minimum Gasteiger partial charge on any atom is -0.456 e. The Morgan fingerprint density at radius 2 is 1.78 bits per heavy atom. The van der Waals surface area contributed by atoms with Crippen LogP contribution < -0.4 is 5.32 Å². The average molecular weight is 429 g/mol. The topological polar surface area (TPSA) is 98.5 Å². The van der Waals surface area contributed by atoms with Gasteiger partial charge in [0.25, 0.3) is 11.7 Å². The molecule has 0 spiro atoms. The SMILES string of the molecule is Cc1nc2ncnn2c(C)c1CCC(=O)OCC(=O)Nc1ccccc1-c1ccccc1. The lowest BCUT2D eigenvalue weighted by atomic mass is 10.0. The van der Waals surface area contributed by atoms with Gasteiger partial charge in [-0.3, -0.25) is 9.59 Å². The van der Waals surface area contributed by atoms with Crippen molar-refractivity contribution in [2.45, 2.75) is 26.7 Å². The maximum absolute atomic E-state index is 12.4. The highest BCUT2D eigenvalue weighted by atomic mass is 16.5. The van der Waals surface area contributed by atoms with E-state index in [9.17, 15) is 9.59 Å². The Morgan fingerprint density at radius 3 is 2.59 bits per heavy atom. The van der Waals surface area contributed by atoms with Crippen LogP contribution in [0.4, 0.5) is 5.69 Å². The second kappa shape index (κ2) is 9.38. The minimum atomic E-state index is -0.450. The van der Waals surface area contributed by atoms with Crippen molar-refractivity contribution in [3.8, 4) is 11.1 Å². The molecule has 1 amide bonds. The molecular formula is C24H23N5O3. The van der Waals surface area contributed by atoms with Crippen molar-refractivity contribution in [3.05, 3.63) is 77.9 Å². The summed E-state index contributed by atoms with van der Waals surface area (Å²) >= 11 is 0. The van der Waals surface area contributed by atoms with Gasteiger partial charge in [0.05, 0.1) is 0 Å². The van der Waals surface area contributed by atoms with Crippen molar-refractivity contribution in [2.24, 2.45) is 0 Å². The number of anilines is 1. The molecule has 0 saturated carbocycles. The molecule has 0 aliphatic carbocycles. The standard InChI is InChI=1S/C24H23N5O3/c1-16-19(17(2)29-24(27-16)25-15-26-29)12-13-23(31)32-14-22(30)28-21-11-7-6-10-20(21)18-8-4-3-5-9-18/h3-11,15H,12-14H2,1-2H3,(H,28,30). The van der Waals surface area contributed by atoms with Crippen molar-refractivity contribution < 1.29 is 14.3 Å². The van der Waals surface area contributed by atoms with Crippen LogP contribution in [0.5, 0.6) is 0 Å². The lowest BCUT2D eigenvalue weighted by molar-refractivity contribution is -0.147. The van der Waals surface area contributed by atoms with Crippen molar-refractivity contribution in [2.75, 3.05) is 11.9 Å². The van der Waals surface area contributed by atoms with Gasteiger partial charge in [-0.25, -0.2) is 9.50 Å². The zero-order valence-electron chi connectivity index (χ0n) is 17.9. The number of aryl methyl sites for hydroxylation is 2. The van der Waals surface area contributed by atoms with Crippen molar-refractivity contribution in [3.63, 3.8) is 0 Å². The third-order valence-electron chi connectivity index (χ3n) is 5.22. The first-order valence-corrected chi connectivity index (χ1v) is 10.3. The van der Waals surface area contributed by atoms with E-state index in [4.69, 9.17) is 4.74 Å². The molecule has 32 heavy (non-hydrogen) atoms. The van der Waals surface area contributed by atoms with Gasteiger partial charge in [-0.1, -0.05) is 48.5 Å². The van der Waals surface area contributed by atoms with E-state index >= 15 is 0 Å². The van der Waals surface area contributed by atoms with Crippen LogP contribution in [0.2, 0.25) is 0 Å². The summed E-state index contributed by atoms with van der Waals surface area (Å²) in [5.74, 6) is -0.312. The lowest BCUT2D eigenvalue weighted by Crippen LogP contribution is -2.21. The number of fused-ring (bicyclic) bond motifs is 1. The van der Waals surface area contributed by atoms with Crippen LogP contribution in [0, 0.1) is 13.8 Å². The summed E-state index contributed by atoms with van der Waals surface area (Å²) in [4.78, 5) is 33.1. The molecule has 0 saturated heterocycles. The number of ether oxygens (including phenoxy) is 1. The van der Waals surface area contributed by atoms with Gasteiger partial charge in [0.1, 0.15) is 6.33 Å². The summed E-state index contributed by atoms with van der Waals surface area (Å²) in [6, 6.07) is 17.3. The number of rotatable bonds is 7. The Labute approximate surface area is 185 Å². The van der Waals surface area contributed by atoms with Crippen LogP contribution >= 0.6 is 0 Å². The van der Waals surface area contributed by atoms with Crippen LogP contribution in [0.1, 0.15) is 23.4 Å². The molecule has 0 atom stereocenters. The van der Waals surface area contributed by atoms with E-state index in [-0.39, 0.29) is 18.9 Å². The van der Waals surface area contributed by atoms with E-state index in [1.165, 1.54) is 6.33 Å². The summed E-state index contributed by atoms with van der Waals surface area (Å²) in [6.45, 7) is 3.44. The Kier molecular flexibility index (Phi) is 6.21. The monoisotopic (exact) mass is 429 g/mol. The quantitative estimate of drug-likeness (QED) is 0.451. The molecule has 2 aromatic carbocycles. The summed E-state index contributed by atoms with van der Waals surface area (Å²) in [6.07, 6.45) is 2.02. The Hall–Kier alpha value is -4.07. The molecule has 4 aromatic rings. The molecule has 0 aliphatic heterocycles. The van der Waals surface area contributed by atoms with E-state index in [0.29, 0.717) is 17.9 Å². The highest BCUT2D eigenvalue weighted by Crippen LogP contribution is 2.27. The molecule has 1 N–H and O–H groups in total. The maximum atomic E-state index is 12.4. The molecule has 8 nitrogen and oxygen atoms in total. The number of hydrogen-bond donors (Lipinski definition) is 1. The number of esters is 1. The Balaban J connectivity index is 1.33. The zero-order chi connectivity index (χ0) is 22.5. The zero-order valence-corrected chi connectivity index (χ0v) is 17.9. The van der Waals surface area contributed by atoms with Crippen molar-refractivity contribution in [1.82, 2.24) is 19.6 Å². The second-order valence-corrected chi connectivity index (χ2v) is 7.35. The maximum Gasteiger partial charge on any atom is 0.306 e. The number of aromatic nitrogens is 4. The van der Waals surface area contributed by atoms with Gasteiger partial charge in [-0.05, 0) is 37.5 Å². The van der Waals surface area contributed by atoms with Gasteiger partial charge in [-0.15, -0.1) is 0 Å². The first kappa shape index (κ1) is 21.2. The van der Waals surface area contributed by atoms with E-state index in [1.807, 2.05) is 68.4 Å². The summed E-state index contributed by atoms with van der Waals surface area (Å²) in [5, 5.41) is 6.98. The predicted octanol–water partition coefficient (Wildman–Crippen LogP) is 3.52. The Morgan fingerprint density at radius 1 is 1.03 bits per heavy atom. The number of nitrogens with one attached hydrogen (secondary N) is 1. The van der Waals surface area contributed by atoms with Crippen molar-refractivity contribution in [1.29, 1.82) is 0 Å². The third-order valence-corrected chi connectivity index (χ3v) is 5.22. The highest BCUT2D eigenvalue weighted by Gasteiger charge is 2.15. The van der Waals surface area contributed by atoms with Crippen LogP contribution in [0.15, 0.2) is 60.9 Å². The second-order valence-electron chi connectivity index (χ2n) is 7.35. The van der Waals surface area contributed by atoms with Gasteiger partial charge in [0.2, 0.25) is 0 Å². The highest BCUT2D eigenvalue weighted by molar-refractivity contribution is 5.96. The number of carbonyl (C=O) groups excluding carboxylic acids is 2. The molecule has 0 bridgehead atoms. The average Bonchev–Trinajstić information content (AvgIpc) is 3.27. The largest absolute Gasteiger partial charge is 0.456 e. The van der Waals surface area contributed by atoms with Crippen LogP contribution in [0.3, 0.4) is 0 Å². The summed E-state index contributed by atoms with van der Waals surface area (Å²) in [5.41, 5.74) is 5.15. The van der Waals surface area contributed by atoms with E-state index in [2.05, 4.69) is 20.4 Å². The molecule has 8 heteroatoms. The van der Waals surface area contributed by atoms with Gasteiger partial charge in [-0.2, -0.15) is 10.1 Å². The fourth-order valence-electron chi connectivity index (χ4n) is 3.61. The van der Waals surface area contributed by atoms with E-state index < -0.39 is 5.97 Å². The van der Waals surface area contributed by atoms with Gasteiger partial charge in [0.15, 0.2) is 6.61 Å². The molecule has 2 heterocycles. The first-order valence-electron chi connectivity index (χ1n) is 10.3. The van der Waals surface area contributed by atoms with Gasteiger partial charge < -0.3 is 10.1 Å². The molecule has 2 aromatic heterocycles. The van der Waals surface area contributed by atoms with Crippen LogP contribution in [0.25, 0.3) is 16.9 Å². The van der Waals surface area contributed by atoms with Crippen LogP contribution in [-0.4, -0.2) is 38.1 Å². The number of para-hydroxylation sites is 1. The minimum absolute atomic E-state index is 0.136. The molecule has 162 valence electrons. The van der Waals surface area contributed by atoms with Gasteiger partial charge in [0, 0.05) is 29.1 Å². The Bertz CT molecular complexity index is 1270. The lowest BCUT2D eigenvalue weighted by Gasteiger charge is -2.12. The van der Waals surface area contributed by atoms with E-state index in [0.717, 1.165) is 28.1 Å². The predicted molar refractivity (Wildman–Crippen MR) is 120 cm³/mol. The molecule has 0 fully saturated rings. The smallest absolute Gasteiger partial charge is 0.306 e. The fourth-order valence-corrected chi connectivity index (χ4v) is 3.61. The molecule has 0 unspecified atom stereocenters. The number of amides is 1. The van der Waals surface area contributed by atoms with Crippen molar-refractivity contribution >= 4 is 23.3 Å². The normalized spacial score (nSPS) is 10.8. The summed E-state index contributed by atoms with van der Waals surface area (Å²) < 4.78 is 6.83. The van der Waals surface area contributed by atoms with Gasteiger partial charge >= 0.3 is 5.97 Å². The molecule has 0 radical (unpaired) electrons. The fraction of sp³-hybridized carbons (Fsp3) is 0.208. The molecular weight excluding hydrogens is 406 g/mol. The molecule has 0 aliphatic rings. The number of nitrogens with zero attached hydrogens (tertiary/aromatic N) is 4. The third kappa shape index (κ3) is 4.64.